The number of carbonyl (C=O) groups is 2. The highest BCUT2D eigenvalue weighted by Crippen LogP contribution is 2.31. The van der Waals surface area contributed by atoms with Crippen molar-refractivity contribution in [1.82, 2.24) is 20.0 Å². The summed E-state index contributed by atoms with van der Waals surface area (Å²) in [6.45, 7) is 2.15. The average Bonchev–Trinajstić information content (AvgIpc) is 3.14. The molecule has 2 fully saturated rings. The highest BCUT2D eigenvalue weighted by molar-refractivity contribution is 5.70. The summed E-state index contributed by atoms with van der Waals surface area (Å²) in [6, 6.07) is 3.71. The van der Waals surface area contributed by atoms with E-state index in [9.17, 15) is 14.7 Å². The van der Waals surface area contributed by atoms with Gasteiger partial charge in [0.2, 0.25) is 0 Å². The number of hydrogen-bond donors (Lipinski definition) is 1. The Bertz CT molecular complexity index is 1020. The third-order valence-corrected chi connectivity index (χ3v) is 7.08. The van der Waals surface area contributed by atoms with Crippen LogP contribution in [0.15, 0.2) is 12.1 Å². The van der Waals surface area contributed by atoms with Gasteiger partial charge >= 0.3 is 11.9 Å². The van der Waals surface area contributed by atoms with Gasteiger partial charge in [0, 0.05) is 19.9 Å². The van der Waals surface area contributed by atoms with Crippen LogP contribution in [0.2, 0.25) is 0 Å². The number of ether oxygens (including phenoxy) is 2. The third-order valence-electron chi connectivity index (χ3n) is 7.08. The van der Waals surface area contributed by atoms with Crippen LogP contribution in [-0.2, 0) is 27.8 Å². The molecule has 184 valence electrons. The van der Waals surface area contributed by atoms with Crippen molar-refractivity contribution in [3.8, 4) is 17.1 Å². The molecule has 2 aliphatic carbocycles. The van der Waals surface area contributed by atoms with Gasteiger partial charge in [0.05, 0.1) is 35.7 Å². The first kappa shape index (κ1) is 24.2. The van der Waals surface area contributed by atoms with Crippen molar-refractivity contribution in [1.29, 1.82) is 0 Å². The van der Waals surface area contributed by atoms with Crippen molar-refractivity contribution >= 4 is 11.9 Å². The molecule has 2 aromatic rings. The second-order valence-electron chi connectivity index (χ2n) is 9.54. The molecule has 0 spiro atoms. The number of carboxylic acid groups (broad SMARTS) is 1. The highest BCUT2D eigenvalue weighted by atomic mass is 16.5. The number of rotatable bonds is 10. The lowest BCUT2D eigenvalue weighted by atomic mass is 9.82. The van der Waals surface area contributed by atoms with E-state index in [-0.39, 0.29) is 24.6 Å². The number of hydrogen-bond acceptors (Lipinski definition) is 7. The van der Waals surface area contributed by atoms with Crippen LogP contribution in [-0.4, -0.2) is 49.7 Å². The van der Waals surface area contributed by atoms with E-state index in [1.165, 1.54) is 19.3 Å². The van der Waals surface area contributed by atoms with Gasteiger partial charge in [0.25, 0.3) is 0 Å². The van der Waals surface area contributed by atoms with E-state index in [4.69, 9.17) is 9.47 Å². The van der Waals surface area contributed by atoms with Crippen LogP contribution < -0.4 is 4.74 Å². The number of carbonyl (C=O) groups excluding carboxylic acids is 1. The molecule has 1 N–H and O–H groups in total. The maximum Gasteiger partial charge on any atom is 0.306 e. The second kappa shape index (κ2) is 11.0. The zero-order valence-corrected chi connectivity index (χ0v) is 20.0. The molecular weight excluding hydrogens is 436 g/mol. The number of carboxylic acids is 1. The van der Waals surface area contributed by atoms with Crippen LogP contribution in [0.1, 0.15) is 69.2 Å². The van der Waals surface area contributed by atoms with Crippen molar-refractivity contribution in [3.05, 3.63) is 23.5 Å². The third kappa shape index (κ3) is 5.93. The number of pyridine rings is 1. The van der Waals surface area contributed by atoms with E-state index in [2.05, 4.69) is 15.3 Å². The Morgan fingerprint density at radius 2 is 1.97 bits per heavy atom. The molecule has 2 saturated carbocycles. The fourth-order valence-electron chi connectivity index (χ4n) is 4.75. The van der Waals surface area contributed by atoms with Gasteiger partial charge in [0.15, 0.2) is 0 Å². The minimum absolute atomic E-state index is 0.118. The maximum atomic E-state index is 12.0. The van der Waals surface area contributed by atoms with E-state index >= 15 is 0 Å². The van der Waals surface area contributed by atoms with E-state index in [0.717, 1.165) is 25.0 Å². The van der Waals surface area contributed by atoms with Crippen molar-refractivity contribution in [2.75, 3.05) is 6.61 Å². The summed E-state index contributed by atoms with van der Waals surface area (Å²) in [5.74, 6) is 0.106. The molecule has 0 amide bonds. The predicted octanol–water partition coefficient (Wildman–Crippen LogP) is 3.87. The molecule has 2 heterocycles. The summed E-state index contributed by atoms with van der Waals surface area (Å²) in [4.78, 5) is 28.1. The maximum absolute atomic E-state index is 12.0. The van der Waals surface area contributed by atoms with Crippen LogP contribution in [0.25, 0.3) is 11.4 Å². The Labute approximate surface area is 199 Å². The van der Waals surface area contributed by atoms with Crippen LogP contribution in [0.5, 0.6) is 5.75 Å². The van der Waals surface area contributed by atoms with Crippen molar-refractivity contribution < 1.29 is 24.2 Å². The SMILES string of the molecule is Cc1nc(-c2nnn(C)c2CCOC(=O)CCC2CCC2)ccc1O[C@H]1CCC[C@H](C(=O)O)C1. The summed E-state index contributed by atoms with van der Waals surface area (Å²) in [6.07, 6.45) is 8.46. The molecule has 4 rings (SSSR count). The van der Waals surface area contributed by atoms with Crippen LogP contribution >= 0.6 is 0 Å². The Hall–Kier alpha value is -2.97. The van der Waals surface area contributed by atoms with E-state index in [1.54, 1.807) is 4.68 Å². The van der Waals surface area contributed by atoms with Crippen LogP contribution in [0.4, 0.5) is 0 Å². The zero-order valence-electron chi connectivity index (χ0n) is 20.0. The van der Waals surface area contributed by atoms with Gasteiger partial charge in [-0.2, -0.15) is 0 Å². The Morgan fingerprint density at radius 3 is 2.68 bits per heavy atom. The molecule has 0 unspecified atom stereocenters. The molecule has 9 heteroatoms. The predicted molar refractivity (Wildman–Crippen MR) is 124 cm³/mol. The summed E-state index contributed by atoms with van der Waals surface area (Å²) in [5.41, 5.74) is 2.90. The standard InChI is InChI=1S/C25H34N4O5/c1-16-22(34-19-8-4-7-18(15-19)25(31)32)11-10-20(26-16)24-21(29(2)28-27-24)13-14-33-23(30)12-9-17-5-3-6-17/h10-11,17-19H,3-9,12-15H2,1-2H3,(H,31,32)/t18-,19-/m0/s1. The first-order chi connectivity index (χ1) is 16.4. The van der Waals surface area contributed by atoms with Crippen molar-refractivity contribution in [2.24, 2.45) is 18.9 Å². The normalized spacial score (nSPS) is 20.5. The number of aromatic nitrogens is 4. The number of aryl methyl sites for hydroxylation is 2. The molecule has 0 radical (unpaired) electrons. The largest absolute Gasteiger partial charge is 0.489 e. The summed E-state index contributed by atoms with van der Waals surface area (Å²) >= 11 is 0. The van der Waals surface area contributed by atoms with E-state index in [0.29, 0.717) is 54.4 Å². The molecular formula is C25H34N4O5. The van der Waals surface area contributed by atoms with Gasteiger partial charge in [0.1, 0.15) is 11.4 Å². The Morgan fingerprint density at radius 1 is 1.18 bits per heavy atom. The molecule has 0 aromatic carbocycles. The molecule has 0 aliphatic heterocycles. The Balaban J connectivity index is 1.35. The minimum Gasteiger partial charge on any atom is -0.489 e. The summed E-state index contributed by atoms with van der Waals surface area (Å²) in [5, 5.41) is 17.7. The van der Waals surface area contributed by atoms with Gasteiger partial charge in [-0.15, -0.1) is 5.10 Å². The Kier molecular flexibility index (Phi) is 7.80. The molecule has 2 aromatic heterocycles. The quantitative estimate of drug-likeness (QED) is 0.520. The summed E-state index contributed by atoms with van der Waals surface area (Å²) < 4.78 is 13.2. The monoisotopic (exact) mass is 470 g/mol. The van der Waals surface area contributed by atoms with E-state index in [1.807, 2.05) is 26.1 Å². The molecule has 2 atom stereocenters. The topological polar surface area (TPSA) is 116 Å². The van der Waals surface area contributed by atoms with Crippen LogP contribution in [0.3, 0.4) is 0 Å². The van der Waals surface area contributed by atoms with Crippen molar-refractivity contribution in [3.63, 3.8) is 0 Å². The van der Waals surface area contributed by atoms with Gasteiger partial charge in [-0.1, -0.05) is 24.5 Å². The molecule has 0 bridgehead atoms. The minimum atomic E-state index is -0.752. The molecule has 34 heavy (non-hydrogen) atoms. The lowest BCUT2D eigenvalue weighted by molar-refractivity contribution is -0.144. The second-order valence-corrected chi connectivity index (χ2v) is 9.54. The smallest absolute Gasteiger partial charge is 0.306 e. The fraction of sp³-hybridized carbons (Fsp3) is 0.640. The van der Waals surface area contributed by atoms with Crippen LogP contribution in [0, 0.1) is 18.8 Å². The zero-order chi connectivity index (χ0) is 24.1. The fourth-order valence-corrected chi connectivity index (χ4v) is 4.75. The number of aliphatic carboxylic acids is 1. The lowest BCUT2D eigenvalue weighted by Crippen LogP contribution is -2.29. The lowest BCUT2D eigenvalue weighted by Gasteiger charge is -2.27. The van der Waals surface area contributed by atoms with Gasteiger partial charge in [-0.05, 0) is 57.1 Å². The molecule has 9 nitrogen and oxygen atoms in total. The first-order valence-corrected chi connectivity index (χ1v) is 12.3. The van der Waals surface area contributed by atoms with Gasteiger partial charge in [-0.25, -0.2) is 4.98 Å². The summed E-state index contributed by atoms with van der Waals surface area (Å²) in [7, 11) is 1.82. The molecule has 2 aliphatic rings. The van der Waals surface area contributed by atoms with E-state index < -0.39 is 5.97 Å². The number of esters is 1. The average molecular weight is 471 g/mol. The van der Waals surface area contributed by atoms with Gasteiger partial charge in [-0.3, -0.25) is 14.3 Å². The van der Waals surface area contributed by atoms with Crippen molar-refractivity contribution in [2.45, 2.75) is 77.2 Å². The molecule has 0 saturated heterocycles. The van der Waals surface area contributed by atoms with Gasteiger partial charge < -0.3 is 14.6 Å². The number of nitrogens with zero attached hydrogens (tertiary/aromatic N) is 4. The first-order valence-electron chi connectivity index (χ1n) is 12.3. The highest BCUT2D eigenvalue weighted by Gasteiger charge is 2.28.